The van der Waals surface area contributed by atoms with Gasteiger partial charge in [0.25, 0.3) is 0 Å². The summed E-state index contributed by atoms with van der Waals surface area (Å²) in [4.78, 5) is 14.7. The molecule has 1 amide bonds. The van der Waals surface area contributed by atoms with Gasteiger partial charge in [0, 0.05) is 31.1 Å². The van der Waals surface area contributed by atoms with Crippen molar-refractivity contribution in [3.05, 3.63) is 54.1 Å². The number of hydrogen-bond donors (Lipinski definition) is 2. The monoisotopic (exact) mass is 406 g/mol. The molecule has 3 N–H and O–H groups in total. The number of aromatic amines is 1. The van der Waals surface area contributed by atoms with Gasteiger partial charge in [-0.1, -0.05) is 69.3 Å². The van der Waals surface area contributed by atoms with Crippen molar-refractivity contribution in [3.8, 4) is 22.5 Å². The van der Waals surface area contributed by atoms with Crippen LogP contribution in [0.15, 0.2) is 48.5 Å². The number of carbonyl (C=O) groups excluding carboxylic acids is 1. The van der Waals surface area contributed by atoms with Crippen LogP contribution in [0.3, 0.4) is 0 Å². The van der Waals surface area contributed by atoms with Crippen molar-refractivity contribution in [2.45, 2.75) is 46.2 Å². The molecular formula is C23H30N6O. The number of benzene rings is 2. The molecule has 0 saturated carbocycles. The van der Waals surface area contributed by atoms with Crippen molar-refractivity contribution in [1.29, 1.82) is 0 Å². The maximum atomic E-state index is 12.8. The third kappa shape index (κ3) is 4.91. The Morgan fingerprint density at radius 1 is 1.10 bits per heavy atom. The van der Waals surface area contributed by atoms with E-state index in [4.69, 9.17) is 5.73 Å². The Bertz CT molecular complexity index is 937. The van der Waals surface area contributed by atoms with Crippen molar-refractivity contribution >= 4 is 5.91 Å². The van der Waals surface area contributed by atoms with E-state index in [0.717, 1.165) is 28.7 Å². The highest BCUT2D eigenvalue weighted by molar-refractivity contribution is 5.80. The Labute approximate surface area is 177 Å². The maximum absolute atomic E-state index is 12.8. The van der Waals surface area contributed by atoms with Crippen molar-refractivity contribution in [1.82, 2.24) is 25.5 Å². The van der Waals surface area contributed by atoms with Crippen molar-refractivity contribution < 1.29 is 4.79 Å². The molecule has 1 aromatic heterocycles. The highest BCUT2D eigenvalue weighted by atomic mass is 16.2. The molecule has 1 atom stereocenters. The minimum absolute atomic E-state index is 0.0303. The number of nitrogens with zero attached hydrogens (tertiary/aromatic N) is 4. The van der Waals surface area contributed by atoms with Crippen LogP contribution in [0.5, 0.6) is 0 Å². The van der Waals surface area contributed by atoms with E-state index in [2.05, 4.69) is 58.7 Å². The Balaban J connectivity index is 1.86. The molecule has 3 aromatic rings. The smallest absolute Gasteiger partial charge is 0.223 e. The molecule has 0 unspecified atom stereocenters. The topological polar surface area (TPSA) is 101 Å². The van der Waals surface area contributed by atoms with E-state index in [0.29, 0.717) is 31.3 Å². The van der Waals surface area contributed by atoms with Crippen molar-refractivity contribution in [2.75, 3.05) is 6.54 Å². The summed E-state index contributed by atoms with van der Waals surface area (Å²) in [5, 5.41) is 14.4. The van der Waals surface area contributed by atoms with Crippen LogP contribution in [-0.4, -0.2) is 44.0 Å². The molecule has 0 bridgehead atoms. The van der Waals surface area contributed by atoms with E-state index in [9.17, 15) is 4.79 Å². The minimum Gasteiger partial charge on any atom is -0.334 e. The van der Waals surface area contributed by atoms with Gasteiger partial charge in [-0.2, -0.15) is 5.21 Å². The molecule has 7 heteroatoms. The lowest BCUT2D eigenvalue weighted by Gasteiger charge is -2.34. The average Bonchev–Trinajstić information content (AvgIpc) is 3.29. The quantitative estimate of drug-likeness (QED) is 0.565. The molecule has 30 heavy (non-hydrogen) atoms. The van der Waals surface area contributed by atoms with Crippen LogP contribution in [0.2, 0.25) is 0 Å². The van der Waals surface area contributed by atoms with Crippen molar-refractivity contribution in [3.63, 3.8) is 0 Å². The van der Waals surface area contributed by atoms with Crippen LogP contribution in [0.25, 0.3) is 22.5 Å². The second kappa shape index (κ2) is 10.1. The van der Waals surface area contributed by atoms with E-state index in [-0.39, 0.29) is 11.9 Å². The number of rotatable bonds is 9. The second-order valence-electron chi connectivity index (χ2n) is 7.80. The van der Waals surface area contributed by atoms with Gasteiger partial charge in [0.2, 0.25) is 11.7 Å². The summed E-state index contributed by atoms with van der Waals surface area (Å²) in [6.07, 6.45) is 1.37. The lowest BCUT2D eigenvalue weighted by Crippen LogP contribution is -2.47. The highest BCUT2D eigenvalue weighted by Gasteiger charge is 2.24. The average molecular weight is 407 g/mol. The summed E-state index contributed by atoms with van der Waals surface area (Å²) >= 11 is 0. The summed E-state index contributed by atoms with van der Waals surface area (Å²) in [5.41, 5.74) is 10.1. The van der Waals surface area contributed by atoms with E-state index < -0.39 is 0 Å². The summed E-state index contributed by atoms with van der Waals surface area (Å²) in [5.74, 6) is 1.03. The number of hydrogen-bond acceptors (Lipinski definition) is 5. The molecule has 0 radical (unpaired) electrons. The van der Waals surface area contributed by atoms with Gasteiger partial charge in [0.1, 0.15) is 0 Å². The molecule has 7 nitrogen and oxygen atoms in total. The molecule has 0 aliphatic heterocycles. The van der Waals surface area contributed by atoms with Crippen LogP contribution in [0.4, 0.5) is 0 Å². The van der Waals surface area contributed by atoms with Crippen LogP contribution >= 0.6 is 0 Å². The number of aromatic nitrogens is 4. The summed E-state index contributed by atoms with van der Waals surface area (Å²) in [7, 11) is 0. The highest BCUT2D eigenvalue weighted by Crippen LogP contribution is 2.30. The first-order valence-corrected chi connectivity index (χ1v) is 10.5. The third-order valence-corrected chi connectivity index (χ3v) is 5.33. The molecule has 0 aliphatic rings. The number of carbonyl (C=O) groups is 1. The first-order chi connectivity index (χ1) is 14.5. The Morgan fingerprint density at radius 2 is 1.80 bits per heavy atom. The molecule has 158 valence electrons. The number of H-pyrrole nitrogens is 1. The molecule has 2 aromatic carbocycles. The van der Waals surface area contributed by atoms with Gasteiger partial charge >= 0.3 is 0 Å². The molecule has 1 heterocycles. The van der Waals surface area contributed by atoms with Gasteiger partial charge in [-0.15, -0.1) is 10.2 Å². The molecule has 0 spiro atoms. The zero-order valence-corrected chi connectivity index (χ0v) is 17.9. The Morgan fingerprint density at radius 3 is 2.37 bits per heavy atom. The fourth-order valence-corrected chi connectivity index (χ4v) is 3.70. The molecular weight excluding hydrogens is 376 g/mol. The van der Waals surface area contributed by atoms with E-state index in [1.807, 2.05) is 36.1 Å². The van der Waals surface area contributed by atoms with Crippen LogP contribution < -0.4 is 5.73 Å². The number of tetrazole rings is 1. The Hall–Kier alpha value is -3.06. The third-order valence-electron chi connectivity index (χ3n) is 5.33. The normalized spacial score (nSPS) is 12.2. The van der Waals surface area contributed by atoms with Crippen LogP contribution in [0, 0.1) is 5.92 Å². The molecule has 0 fully saturated rings. The van der Waals surface area contributed by atoms with Crippen LogP contribution in [-0.2, 0) is 11.3 Å². The van der Waals surface area contributed by atoms with Gasteiger partial charge in [0.15, 0.2) is 0 Å². The summed E-state index contributed by atoms with van der Waals surface area (Å²) in [6, 6.07) is 16.3. The van der Waals surface area contributed by atoms with Gasteiger partial charge < -0.3 is 10.6 Å². The summed E-state index contributed by atoms with van der Waals surface area (Å²) in [6.45, 7) is 7.28. The first kappa shape index (κ1) is 21.6. The lowest BCUT2D eigenvalue weighted by atomic mass is 9.97. The summed E-state index contributed by atoms with van der Waals surface area (Å²) < 4.78 is 0. The molecule has 0 aliphatic carbocycles. The predicted octanol–water partition coefficient (Wildman–Crippen LogP) is 3.65. The SMILES string of the molecule is CCCC(=O)N(Cc1ccc(-c2ccccc2-c2nn[nH]n2)cc1)[C@H](CN)C(C)C. The van der Waals surface area contributed by atoms with Crippen molar-refractivity contribution in [2.24, 2.45) is 11.7 Å². The largest absolute Gasteiger partial charge is 0.334 e. The standard InChI is InChI=1S/C23H30N6O/c1-4-7-22(30)29(21(14-24)16(2)3)15-17-10-12-18(13-11-17)19-8-5-6-9-20(19)23-25-27-28-26-23/h5-6,8-13,16,21H,4,7,14-15,24H2,1-3H3,(H,25,26,27,28)/t21-/m1/s1. The van der Waals surface area contributed by atoms with Gasteiger partial charge in [-0.3, -0.25) is 4.79 Å². The van der Waals surface area contributed by atoms with Gasteiger partial charge in [0.05, 0.1) is 0 Å². The van der Waals surface area contributed by atoms with Gasteiger partial charge in [-0.05, 0) is 34.2 Å². The van der Waals surface area contributed by atoms with E-state index in [1.165, 1.54) is 0 Å². The van der Waals surface area contributed by atoms with Crippen LogP contribution in [0.1, 0.15) is 39.2 Å². The van der Waals surface area contributed by atoms with Gasteiger partial charge in [-0.25, -0.2) is 0 Å². The zero-order chi connectivity index (χ0) is 21.5. The second-order valence-corrected chi connectivity index (χ2v) is 7.80. The fraction of sp³-hybridized carbons (Fsp3) is 0.391. The van der Waals surface area contributed by atoms with E-state index in [1.54, 1.807) is 0 Å². The lowest BCUT2D eigenvalue weighted by molar-refractivity contribution is -0.135. The maximum Gasteiger partial charge on any atom is 0.223 e. The minimum atomic E-state index is 0.0303. The Kier molecular flexibility index (Phi) is 7.30. The van der Waals surface area contributed by atoms with E-state index >= 15 is 0 Å². The molecule has 3 rings (SSSR count). The predicted molar refractivity (Wildman–Crippen MR) is 118 cm³/mol. The zero-order valence-electron chi connectivity index (χ0n) is 17.9. The number of nitrogens with one attached hydrogen (secondary N) is 1. The first-order valence-electron chi connectivity index (χ1n) is 10.5. The fourth-order valence-electron chi connectivity index (χ4n) is 3.70. The number of amides is 1. The number of nitrogens with two attached hydrogens (primary N) is 1. The molecule has 0 saturated heterocycles.